The molecule has 3 heterocycles. The van der Waals surface area contributed by atoms with Gasteiger partial charge in [-0.1, -0.05) is 24.3 Å². The van der Waals surface area contributed by atoms with Crippen LogP contribution in [0.25, 0.3) is 0 Å². The first-order chi connectivity index (χ1) is 16.4. The molecule has 7 heteroatoms. The predicted octanol–water partition coefficient (Wildman–Crippen LogP) is 5.12. The van der Waals surface area contributed by atoms with Gasteiger partial charge >= 0.3 is 0 Å². The van der Waals surface area contributed by atoms with E-state index in [4.69, 9.17) is 4.42 Å². The van der Waals surface area contributed by atoms with Crippen LogP contribution in [0.2, 0.25) is 0 Å². The number of ketones is 1. The Morgan fingerprint density at radius 1 is 1.09 bits per heavy atom. The van der Waals surface area contributed by atoms with Gasteiger partial charge in [-0.05, 0) is 50.6 Å². The number of anilines is 1. The Balaban J connectivity index is 1.58. The fraction of sp³-hybridized carbons (Fsp3) is 0.222. The van der Waals surface area contributed by atoms with Crippen LogP contribution in [0, 0.1) is 12.7 Å². The number of nitrogens with zero attached hydrogens (tertiary/aromatic N) is 1. The molecule has 1 aromatic carbocycles. The molecular weight excluding hydrogens is 433 g/mol. The summed E-state index contributed by atoms with van der Waals surface area (Å²) in [5, 5.41) is 6.11. The standard InChI is InChI=1S/C27H24FN3O3/c1-15-7-5-11-23(29-15)31-27(33)24-16(2)30-20-13-17(22-10-6-12-34-22)14-21(32)26(20)25(24)18-8-3-4-9-19(18)28/h3-12,17,25,30H,13-14H2,1-2H3,(H,29,31,33)/t17-,25-/m0/s1. The van der Waals surface area contributed by atoms with Crippen LogP contribution in [0.1, 0.15) is 48.6 Å². The number of benzene rings is 1. The first-order valence-corrected chi connectivity index (χ1v) is 11.2. The summed E-state index contributed by atoms with van der Waals surface area (Å²) in [6, 6.07) is 15.3. The van der Waals surface area contributed by atoms with E-state index >= 15 is 4.39 Å². The van der Waals surface area contributed by atoms with Crippen molar-refractivity contribution in [1.29, 1.82) is 0 Å². The molecule has 3 aromatic rings. The molecule has 1 aliphatic heterocycles. The predicted molar refractivity (Wildman–Crippen MR) is 125 cm³/mol. The summed E-state index contributed by atoms with van der Waals surface area (Å²) in [5.41, 5.74) is 3.06. The zero-order valence-electron chi connectivity index (χ0n) is 18.9. The lowest BCUT2D eigenvalue weighted by atomic mass is 9.72. The second-order valence-corrected chi connectivity index (χ2v) is 8.67. The van der Waals surface area contributed by atoms with Gasteiger partial charge in [-0.3, -0.25) is 9.59 Å². The number of nitrogens with one attached hydrogen (secondary N) is 2. The number of aromatic nitrogens is 1. The van der Waals surface area contributed by atoms with Crippen molar-refractivity contribution in [2.75, 3.05) is 5.32 Å². The van der Waals surface area contributed by atoms with Crippen LogP contribution in [0.5, 0.6) is 0 Å². The number of hydrogen-bond acceptors (Lipinski definition) is 5. The summed E-state index contributed by atoms with van der Waals surface area (Å²) in [5.74, 6) is -0.834. The fourth-order valence-corrected chi connectivity index (χ4v) is 4.88. The molecule has 5 rings (SSSR count). The third-order valence-corrected chi connectivity index (χ3v) is 6.36. The molecule has 34 heavy (non-hydrogen) atoms. The van der Waals surface area contributed by atoms with E-state index in [1.165, 1.54) is 6.07 Å². The van der Waals surface area contributed by atoms with Gasteiger partial charge in [0.25, 0.3) is 5.91 Å². The summed E-state index contributed by atoms with van der Waals surface area (Å²) in [6.07, 6.45) is 2.35. The van der Waals surface area contributed by atoms with Crippen molar-refractivity contribution in [2.45, 2.75) is 38.5 Å². The van der Waals surface area contributed by atoms with Crippen LogP contribution >= 0.6 is 0 Å². The molecular formula is C27H24FN3O3. The van der Waals surface area contributed by atoms with Gasteiger partial charge in [0.05, 0.1) is 6.26 Å². The number of allylic oxidation sites excluding steroid dienone is 3. The zero-order chi connectivity index (χ0) is 23.8. The van der Waals surface area contributed by atoms with Crippen molar-refractivity contribution in [3.05, 3.63) is 106 Å². The Morgan fingerprint density at radius 2 is 1.91 bits per heavy atom. The van der Waals surface area contributed by atoms with Gasteiger partial charge in [0, 0.05) is 52.1 Å². The maximum absolute atomic E-state index is 15.1. The Hall–Kier alpha value is -4.00. The Kier molecular flexibility index (Phi) is 5.61. The van der Waals surface area contributed by atoms with Gasteiger partial charge < -0.3 is 15.1 Å². The number of furan rings is 1. The van der Waals surface area contributed by atoms with Gasteiger partial charge in [0.1, 0.15) is 17.4 Å². The molecule has 0 fully saturated rings. The minimum Gasteiger partial charge on any atom is -0.469 e. The third-order valence-electron chi connectivity index (χ3n) is 6.36. The molecule has 0 saturated carbocycles. The highest BCUT2D eigenvalue weighted by Crippen LogP contribution is 2.46. The molecule has 2 aliphatic rings. The number of carbonyl (C=O) groups is 2. The number of rotatable bonds is 4. The van der Waals surface area contributed by atoms with Gasteiger partial charge in [-0.15, -0.1) is 0 Å². The van der Waals surface area contributed by atoms with E-state index in [0.29, 0.717) is 40.3 Å². The summed E-state index contributed by atoms with van der Waals surface area (Å²) in [6.45, 7) is 3.61. The number of pyridine rings is 1. The van der Waals surface area contributed by atoms with Crippen LogP contribution in [-0.2, 0) is 9.59 Å². The van der Waals surface area contributed by atoms with Crippen molar-refractivity contribution in [3.63, 3.8) is 0 Å². The highest BCUT2D eigenvalue weighted by molar-refractivity contribution is 6.09. The zero-order valence-corrected chi connectivity index (χ0v) is 18.9. The lowest BCUT2D eigenvalue weighted by Crippen LogP contribution is -2.37. The van der Waals surface area contributed by atoms with E-state index in [1.807, 2.05) is 19.1 Å². The Bertz CT molecular complexity index is 1340. The number of hydrogen-bond donors (Lipinski definition) is 2. The highest BCUT2D eigenvalue weighted by atomic mass is 19.1. The third kappa shape index (κ3) is 3.94. The molecule has 1 aliphatic carbocycles. The molecule has 0 bridgehead atoms. The van der Waals surface area contributed by atoms with Crippen molar-refractivity contribution in [2.24, 2.45) is 0 Å². The van der Waals surface area contributed by atoms with Crippen LogP contribution in [-0.4, -0.2) is 16.7 Å². The maximum atomic E-state index is 15.1. The van der Waals surface area contributed by atoms with Gasteiger partial charge in [0.2, 0.25) is 0 Å². The number of halogens is 1. The molecule has 0 unspecified atom stereocenters. The first-order valence-electron chi connectivity index (χ1n) is 11.2. The van der Waals surface area contributed by atoms with Crippen LogP contribution in [0.4, 0.5) is 10.2 Å². The minimum atomic E-state index is -0.827. The Labute approximate surface area is 196 Å². The smallest absolute Gasteiger partial charge is 0.255 e. The van der Waals surface area contributed by atoms with Crippen molar-refractivity contribution in [1.82, 2.24) is 10.3 Å². The molecule has 0 radical (unpaired) electrons. The number of amides is 1. The summed E-state index contributed by atoms with van der Waals surface area (Å²) < 4.78 is 20.6. The maximum Gasteiger partial charge on any atom is 0.255 e. The van der Waals surface area contributed by atoms with Crippen molar-refractivity contribution < 1.29 is 18.4 Å². The SMILES string of the molecule is CC1=C(C(=O)Nc2cccc(C)n2)[C@H](c2ccccc2F)C2=C(C[C@H](c3ccco3)CC2=O)N1. The van der Waals surface area contributed by atoms with E-state index in [1.54, 1.807) is 49.6 Å². The molecule has 0 spiro atoms. The largest absolute Gasteiger partial charge is 0.469 e. The molecule has 2 atom stereocenters. The van der Waals surface area contributed by atoms with Gasteiger partial charge in [-0.2, -0.15) is 0 Å². The van der Waals surface area contributed by atoms with Gasteiger partial charge in [-0.25, -0.2) is 9.37 Å². The van der Waals surface area contributed by atoms with E-state index in [0.717, 1.165) is 11.5 Å². The molecule has 172 valence electrons. The van der Waals surface area contributed by atoms with Crippen LogP contribution in [0.3, 0.4) is 0 Å². The quantitative estimate of drug-likeness (QED) is 0.568. The Morgan fingerprint density at radius 3 is 2.65 bits per heavy atom. The molecule has 6 nitrogen and oxygen atoms in total. The molecule has 1 amide bonds. The second-order valence-electron chi connectivity index (χ2n) is 8.67. The monoisotopic (exact) mass is 457 g/mol. The second kappa shape index (κ2) is 8.74. The average Bonchev–Trinajstić information content (AvgIpc) is 3.33. The summed E-state index contributed by atoms with van der Waals surface area (Å²) in [7, 11) is 0. The molecule has 2 N–H and O–H groups in total. The van der Waals surface area contributed by atoms with E-state index < -0.39 is 17.6 Å². The normalized spacial score (nSPS) is 20.1. The van der Waals surface area contributed by atoms with Gasteiger partial charge in [0.15, 0.2) is 5.78 Å². The molecule has 2 aromatic heterocycles. The summed E-state index contributed by atoms with van der Waals surface area (Å²) >= 11 is 0. The highest BCUT2D eigenvalue weighted by Gasteiger charge is 2.42. The number of carbonyl (C=O) groups excluding carboxylic acids is 2. The molecule has 0 saturated heterocycles. The lowest BCUT2D eigenvalue weighted by Gasteiger charge is -2.36. The van der Waals surface area contributed by atoms with E-state index in [9.17, 15) is 9.59 Å². The number of aryl methyl sites for hydroxylation is 1. The van der Waals surface area contributed by atoms with Crippen LogP contribution in [0.15, 0.2) is 87.8 Å². The minimum absolute atomic E-state index is 0.116. The number of dihydropyridines is 1. The fourth-order valence-electron chi connectivity index (χ4n) is 4.88. The van der Waals surface area contributed by atoms with Crippen LogP contribution < -0.4 is 10.6 Å². The summed E-state index contributed by atoms with van der Waals surface area (Å²) in [4.78, 5) is 31.3. The van der Waals surface area contributed by atoms with E-state index in [-0.39, 0.29) is 18.1 Å². The topological polar surface area (TPSA) is 84.2 Å². The van der Waals surface area contributed by atoms with E-state index in [2.05, 4.69) is 15.6 Å². The average molecular weight is 458 g/mol. The van der Waals surface area contributed by atoms with Crippen molar-refractivity contribution >= 4 is 17.5 Å². The first kappa shape index (κ1) is 21.8. The van der Waals surface area contributed by atoms with Crippen molar-refractivity contribution in [3.8, 4) is 0 Å². The number of Topliss-reactive ketones (excluding diaryl/α,β-unsaturated/α-hetero) is 1. The lowest BCUT2D eigenvalue weighted by molar-refractivity contribution is -0.116.